The fourth-order valence-electron chi connectivity index (χ4n) is 2.83. The second kappa shape index (κ2) is 8.32. The summed E-state index contributed by atoms with van der Waals surface area (Å²) in [5, 5.41) is 3.07. The van der Waals surface area contributed by atoms with Crippen LogP contribution in [-0.4, -0.2) is 60.4 Å². The van der Waals surface area contributed by atoms with Crippen molar-refractivity contribution in [1.82, 2.24) is 14.9 Å². The lowest BCUT2D eigenvalue weighted by Gasteiger charge is -2.32. The number of aromatic nitrogens is 2. The van der Waals surface area contributed by atoms with Crippen LogP contribution in [0.15, 0.2) is 36.7 Å². The molecule has 0 bridgehead atoms. The van der Waals surface area contributed by atoms with Crippen LogP contribution >= 0.6 is 0 Å². The summed E-state index contributed by atoms with van der Waals surface area (Å²) in [7, 11) is 1.76. The Morgan fingerprint density at radius 3 is 2.75 bits per heavy atom. The van der Waals surface area contributed by atoms with Crippen LogP contribution < -0.4 is 15.0 Å². The van der Waals surface area contributed by atoms with Gasteiger partial charge in [0, 0.05) is 32.7 Å². The number of rotatable bonds is 6. The zero-order valence-electron chi connectivity index (χ0n) is 15.2. The van der Waals surface area contributed by atoms with E-state index in [9.17, 15) is 18.0 Å². The number of para-hydroxylation sites is 1. The normalized spacial score (nSPS) is 14.9. The molecule has 0 atom stereocenters. The van der Waals surface area contributed by atoms with Gasteiger partial charge in [-0.05, 0) is 18.1 Å². The van der Waals surface area contributed by atoms with Crippen LogP contribution in [0.2, 0.25) is 0 Å². The van der Waals surface area contributed by atoms with Crippen LogP contribution in [0, 0.1) is 0 Å². The maximum absolute atomic E-state index is 12.5. The number of alkyl halides is 3. The van der Waals surface area contributed by atoms with E-state index in [0.29, 0.717) is 43.3 Å². The summed E-state index contributed by atoms with van der Waals surface area (Å²) >= 11 is 0. The molecule has 10 heteroatoms. The summed E-state index contributed by atoms with van der Waals surface area (Å²) in [6.07, 6.45) is -3.02. The molecule has 3 rings (SSSR count). The van der Waals surface area contributed by atoms with Gasteiger partial charge in [0.2, 0.25) is 5.91 Å². The molecule has 0 radical (unpaired) electrons. The zero-order chi connectivity index (χ0) is 20.1. The minimum absolute atomic E-state index is 0.0145. The standard InChI is InChI=1S/C18H20F3N5O2/c1-25-8-9-26(11-17(25)27)16-10-15(23-12-24-16)22-7-6-13-4-2-3-5-14(13)28-18(19,20)21/h2-5,10,12H,6-9,11H2,1H3,(H,22,23,24). The molecule has 1 aromatic heterocycles. The van der Waals surface area contributed by atoms with E-state index in [1.54, 1.807) is 30.1 Å². The first-order valence-corrected chi connectivity index (χ1v) is 8.70. The molecule has 2 heterocycles. The summed E-state index contributed by atoms with van der Waals surface area (Å²) in [6, 6.07) is 7.74. The number of anilines is 2. The molecular formula is C18H20F3N5O2. The van der Waals surface area contributed by atoms with Crippen LogP contribution in [-0.2, 0) is 11.2 Å². The van der Waals surface area contributed by atoms with Gasteiger partial charge >= 0.3 is 6.36 Å². The molecule has 1 N–H and O–H groups in total. The lowest BCUT2D eigenvalue weighted by atomic mass is 10.1. The van der Waals surface area contributed by atoms with Crippen LogP contribution in [0.3, 0.4) is 0 Å². The Labute approximate surface area is 160 Å². The van der Waals surface area contributed by atoms with Crippen molar-refractivity contribution in [2.75, 3.05) is 43.4 Å². The molecule has 2 aromatic rings. The number of hydrogen-bond donors (Lipinski definition) is 1. The van der Waals surface area contributed by atoms with E-state index in [1.807, 2.05) is 4.90 Å². The highest BCUT2D eigenvalue weighted by molar-refractivity contribution is 5.82. The zero-order valence-corrected chi connectivity index (χ0v) is 15.2. The number of halogens is 3. The smallest absolute Gasteiger partial charge is 0.406 e. The number of benzene rings is 1. The van der Waals surface area contributed by atoms with E-state index >= 15 is 0 Å². The van der Waals surface area contributed by atoms with Gasteiger partial charge in [-0.3, -0.25) is 4.79 Å². The molecule has 1 aliphatic rings. The van der Waals surface area contributed by atoms with Crippen molar-refractivity contribution in [2.24, 2.45) is 0 Å². The van der Waals surface area contributed by atoms with Gasteiger partial charge in [0.15, 0.2) is 0 Å². The summed E-state index contributed by atoms with van der Waals surface area (Å²) in [6.45, 7) is 1.88. The first-order valence-electron chi connectivity index (χ1n) is 8.70. The lowest BCUT2D eigenvalue weighted by Crippen LogP contribution is -2.48. The molecule has 150 valence electrons. The third-order valence-electron chi connectivity index (χ3n) is 4.33. The van der Waals surface area contributed by atoms with Gasteiger partial charge in [-0.15, -0.1) is 13.2 Å². The average Bonchev–Trinajstić information content (AvgIpc) is 2.64. The molecule has 0 saturated carbocycles. The van der Waals surface area contributed by atoms with Gasteiger partial charge in [0.1, 0.15) is 23.7 Å². The Hall–Kier alpha value is -3.04. The van der Waals surface area contributed by atoms with Gasteiger partial charge in [-0.1, -0.05) is 18.2 Å². The van der Waals surface area contributed by atoms with E-state index in [0.717, 1.165) is 0 Å². The number of amides is 1. The predicted octanol–water partition coefficient (Wildman–Crippen LogP) is 2.31. The van der Waals surface area contributed by atoms with Crippen LogP contribution in [0.1, 0.15) is 5.56 Å². The number of carbonyl (C=O) groups is 1. The van der Waals surface area contributed by atoms with E-state index < -0.39 is 6.36 Å². The fourth-order valence-corrected chi connectivity index (χ4v) is 2.83. The minimum Gasteiger partial charge on any atom is -0.406 e. The average molecular weight is 395 g/mol. The largest absolute Gasteiger partial charge is 0.573 e. The fraction of sp³-hybridized carbons (Fsp3) is 0.389. The molecule has 1 aromatic carbocycles. The maximum Gasteiger partial charge on any atom is 0.573 e. The van der Waals surface area contributed by atoms with Gasteiger partial charge in [-0.25, -0.2) is 9.97 Å². The van der Waals surface area contributed by atoms with Crippen molar-refractivity contribution in [2.45, 2.75) is 12.8 Å². The number of hydrogen-bond acceptors (Lipinski definition) is 6. The van der Waals surface area contributed by atoms with E-state index in [1.165, 1.54) is 18.5 Å². The van der Waals surface area contributed by atoms with Gasteiger partial charge in [0.05, 0.1) is 6.54 Å². The molecule has 0 aliphatic carbocycles. The van der Waals surface area contributed by atoms with Crippen LogP contribution in [0.25, 0.3) is 0 Å². The summed E-state index contributed by atoms with van der Waals surface area (Å²) < 4.78 is 41.5. The molecule has 28 heavy (non-hydrogen) atoms. The Morgan fingerprint density at radius 1 is 1.21 bits per heavy atom. The van der Waals surface area contributed by atoms with E-state index in [-0.39, 0.29) is 18.2 Å². The molecule has 0 spiro atoms. The monoisotopic (exact) mass is 395 g/mol. The highest BCUT2D eigenvalue weighted by Gasteiger charge is 2.31. The molecule has 1 amide bonds. The van der Waals surface area contributed by atoms with Gasteiger partial charge in [-0.2, -0.15) is 0 Å². The van der Waals surface area contributed by atoms with Crippen molar-refractivity contribution in [3.05, 3.63) is 42.2 Å². The maximum atomic E-state index is 12.5. The third-order valence-corrected chi connectivity index (χ3v) is 4.33. The molecule has 7 nitrogen and oxygen atoms in total. The Kier molecular flexibility index (Phi) is 5.86. The Morgan fingerprint density at radius 2 is 2.00 bits per heavy atom. The SMILES string of the molecule is CN1CCN(c2cc(NCCc3ccccc3OC(F)(F)F)ncn2)CC1=O. The van der Waals surface area contributed by atoms with Crippen LogP contribution in [0.5, 0.6) is 5.75 Å². The third kappa shape index (κ3) is 5.24. The predicted molar refractivity (Wildman–Crippen MR) is 97.2 cm³/mol. The Balaban J connectivity index is 1.60. The summed E-state index contributed by atoms with van der Waals surface area (Å²) in [5.41, 5.74) is 0.436. The van der Waals surface area contributed by atoms with Gasteiger partial charge < -0.3 is 19.9 Å². The van der Waals surface area contributed by atoms with Crippen molar-refractivity contribution in [3.63, 3.8) is 0 Å². The molecule has 1 saturated heterocycles. The number of ether oxygens (including phenoxy) is 1. The number of piperazine rings is 1. The minimum atomic E-state index is -4.73. The van der Waals surface area contributed by atoms with Gasteiger partial charge in [0.25, 0.3) is 0 Å². The topological polar surface area (TPSA) is 70.6 Å². The second-order valence-corrected chi connectivity index (χ2v) is 6.33. The highest BCUT2D eigenvalue weighted by Crippen LogP contribution is 2.26. The van der Waals surface area contributed by atoms with Crippen molar-refractivity contribution in [1.29, 1.82) is 0 Å². The molecule has 1 aliphatic heterocycles. The van der Waals surface area contributed by atoms with Crippen molar-refractivity contribution < 1.29 is 22.7 Å². The highest BCUT2D eigenvalue weighted by atomic mass is 19.4. The summed E-state index contributed by atoms with van der Waals surface area (Å²) in [4.78, 5) is 23.7. The molecule has 0 unspecified atom stereocenters. The van der Waals surface area contributed by atoms with E-state index in [4.69, 9.17) is 0 Å². The molecule has 1 fully saturated rings. The Bertz CT molecular complexity index is 831. The second-order valence-electron chi connectivity index (χ2n) is 6.33. The van der Waals surface area contributed by atoms with Crippen molar-refractivity contribution in [3.8, 4) is 5.75 Å². The summed E-state index contributed by atoms with van der Waals surface area (Å²) in [5.74, 6) is 0.960. The number of carbonyl (C=O) groups excluding carboxylic acids is 1. The molecular weight excluding hydrogens is 375 g/mol. The van der Waals surface area contributed by atoms with Crippen LogP contribution in [0.4, 0.5) is 24.8 Å². The first kappa shape index (κ1) is 19.7. The van der Waals surface area contributed by atoms with E-state index in [2.05, 4.69) is 20.0 Å². The quantitative estimate of drug-likeness (QED) is 0.810. The lowest BCUT2D eigenvalue weighted by molar-refractivity contribution is -0.274. The van der Waals surface area contributed by atoms with Crippen molar-refractivity contribution >= 4 is 17.5 Å². The first-order chi connectivity index (χ1) is 13.3. The number of nitrogens with one attached hydrogen (secondary N) is 1. The number of likely N-dealkylation sites (N-methyl/N-ethyl adjacent to an activating group) is 1. The number of nitrogens with zero attached hydrogens (tertiary/aromatic N) is 4.